The summed E-state index contributed by atoms with van der Waals surface area (Å²) in [6.45, 7) is 5.97. The van der Waals surface area contributed by atoms with E-state index in [0.29, 0.717) is 37.2 Å². The van der Waals surface area contributed by atoms with Gasteiger partial charge in [-0.1, -0.05) is 13.8 Å². The highest BCUT2D eigenvalue weighted by molar-refractivity contribution is 7.89. The molecule has 2 N–H and O–H groups in total. The van der Waals surface area contributed by atoms with Crippen molar-refractivity contribution in [3.05, 3.63) is 34.5 Å². The van der Waals surface area contributed by atoms with Crippen LogP contribution in [0.15, 0.2) is 27.9 Å². The molecule has 9 nitrogen and oxygen atoms in total. The van der Waals surface area contributed by atoms with Crippen molar-refractivity contribution in [1.82, 2.24) is 23.6 Å². The van der Waals surface area contributed by atoms with Crippen LogP contribution in [0.25, 0.3) is 11.0 Å². The number of H-pyrrole nitrogens is 2. The van der Waals surface area contributed by atoms with Gasteiger partial charge in [0.25, 0.3) is 0 Å². The van der Waals surface area contributed by atoms with E-state index in [4.69, 9.17) is 0 Å². The second-order valence-electron chi connectivity index (χ2n) is 6.77. The smallest absolute Gasteiger partial charge is 0.323 e. The first-order valence-electron chi connectivity index (χ1n) is 8.65. The fraction of sp³-hybridized carbons (Fsp3) is 0.438. The third kappa shape index (κ3) is 3.37. The zero-order chi connectivity index (χ0) is 19.2. The van der Waals surface area contributed by atoms with Gasteiger partial charge in [0.2, 0.25) is 15.2 Å². The number of nitrogens with one attached hydrogen (secondary N) is 2. The molecule has 1 aliphatic heterocycles. The van der Waals surface area contributed by atoms with E-state index in [2.05, 4.69) is 24.2 Å². The number of anilines is 1. The average molecular weight is 409 g/mol. The van der Waals surface area contributed by atoms with Crippen LogP contribution >= 0.6 is 11.5 Å². The fourth-order valence-electron chi connectivity index (χ4n) is 3.03. The Balaban J connectivity index is 1.51. The molecule has 4 rings (SSSR count). The summed E-state index contributed by atoms with van der Waals surface area (Å²) in [5.41, 5.74) is 0.710. The molecule has 0 bridgehead atoms. The standard InChI is InChI=1S/C16H20N6O3S2/c1-10(2)14-19-16(26-20-14)21-5-7-22(8-6-21)27(24,25)11-3-4-12-13(9-11)18-15(23)17-12/h3-4,9-10H,5-8H2,1-2H3,(H2,17,18,23). The van der Waals surface area contributed by atoms with Crippen molar-refractivity contribution in [3.8, 4) is 0 Å². The van der Waals surface area contributed by atoms with Crippen LogP contribution in [0.2, 0.25) is 0 Å². The largest absolute Gasteiger partial charge is 0.344 e. The molecule has 0 atom stereocenters. The lowest BCUT2D eigenvalue weighted by Gasteiger charge is -2.33. The van der Waals surface area contributed by atoms with E-state index in [1.165, 1.54) is 28.0 Å². The average Bonchev–Trinajstić information content (AvgIpc) is 3.27. The highest BCUT2D eigenvalue weighted by Crippen LogP contribution is 2.25. The zero-order valence-corrected chi connectivity index (χ0v) is 16.6. The van der Waals surface area contributed by atoms with Gasteiger partial charge in [0.1, 0.15) is 5.82 Å². The van der Waals surface area contributed by atoms with Crippen molar-refractivity contribution in [1.29, 1.82) is 0 Å². The summed E-state index contributed by atoms with van der Waals surface area (Å²) in [4.78, 5) is 23.4. The predicted octanol–water partition coefficient (Wildman–Crippen LogP) is 1.34. The van der Waals surface area contributed by atoms with Crippen LogP contribution in [0.4, 0.5) is 5.13 Å². The summed E-state index contributed by atoms with van der Waals surface area (Å²) >= 11 is 1.35. The van der Waals surface area contributed by atoms with Crippen molar-refractivity contribution in [2.75, 3.05) is 31.1 Å². The van der Waals surface area contributed by atoms with Crippen LogP contribution in [0.3, 0.4) is 0 Å². The fourth-order valence-corrected chi connectivity index (χ4v) is 5.34. The lowest BCUT2D eigenvalue weighted by atomic mass is 10.2. The molecule has 1 saturated heterocycles. The lowest BCUT2D eigenvalue weighted by Crippen LogP contribution is -2.48. The summed E-state index contributed by atoms with van der Waals surface area (Å²) in [6, 6.07) is 4.62. The Labute approximate surface area is 160 Å². The van der Waals surface area contributed by atoms with Gasteiger partial charge in [0, 0.05) is 43.6 Å². The topological polar surface area (TPSA) is 115 Å². The Bertz CT molecular complexity index is 1120. The Morgan fingerprint density at radius 2 is 1.81 bits per heavy atom. The van der Waals surface area contributed by atoms with E-state index >= 15 is 0 Å². The molecule has 0 spiro atoms. The second kappa shape index (κ2) is 6.73. The Morgan fingerprint density at radius 1 is 1.11 bits per heavy atom. The van der Waals surface area contributed by atoms with Gasteiger partial charge >= 0.3 is 5.69 Å². The number of fused-ring (bicyclic) bond motifs is 1. The van der Waals surface area contributed by atoms with E-state index in [9.17, 15) is 13.2 Å². The number of hydrogen-bond acceptors (Lipinski definition) is 7. The van der Waals surface area contributed by atoms with Crippen LogP contribution in [0.5, 0.6) is 0 Å². The molecule has 1 aromatic carbocycles. The molecule has 0 radical (unpaired) electrons. The third-order valence-electron chi connectivity index (χ3n) is 4.58. The molecule has 2 aromatic heterocycles. The normalized spacial score (nSPS) is 16.5. The molecular weight excluding hydrogens is 388 g/mol. The van der Waals surface area contributed by atoms with Gasteiger partial charge in [0.05, 0.1) is 15.9 Å². The number of hydrogen-bond donors (Lipinski definition) is 2. The maximum Gasteiger partial charge on any atom is 0.323 e. The minimum absolute atomic E-state index is 0.178. The van der Waals surface area contributed by atoms with E-state index in [-0.39, 0.29) is 16.5 Å². The Morgan fingerprint density at radius 3 is 2.48 bits per heavy atom. The Kier molecular flexibility index (Phi) is 4.52. The summed E-state index contributed by atoms with van der Waals surface area (Å²) in [5.74, 6) is 1.09. The van der Waals surface area contributed by atoms with Crippen LogP contribution < -0.4 is 10.6 Å². The number of piperazine rings is 1. The van der Waals surface area contributed by atoms with Crippen molar-refractivity contribution >= 4 is 37.7 Å². The van der Waals surface area contributed by atoms with Gasteiger partial charge in [-0.05, 0) is 18.2 Å². The van der Waals surface area contributed by atoms with E-state index in [1.54, 1.807) is 6.07 Å². The molecular formula is C16H20N6O3S2. The van der Waals surface area contributed by atoms with Gasteiger partial charge < -0.3 is 14.9 Å². The maximum atomic E-state index is 13.0. The number of nitrogens with zero attached hydrogens (tertiary/aromatic N) is 4. The molecule has 0 amide bonds. The Hall–Kier alpha value is -2.24. The number of sulfonamides is 1. The summed E-state index contributed by atoms with van der Waals surface area (Å²) in [6.07, 6.45) is 0. The van der Waals surface area contributed by atoms with Crippen LogP contribution in [0, 0.1) is 0 Å². The van der Waals surface area contributed by atoms with Gasteiger partial charge in [-0.3, -0.25) is 0 Å². The van der Waals surface area contributed by atoms with Gasteiger partial charge in [-0.15, -0.1) is 0 Å². The lowest BCUT2D eigenvalue weighted by molar-refractivity contribution is 0.384. The third-order valence-corrected chi connectivity index (χ3v) is 7.27. The number of imidazole rings is 1. The highest BCUT2D eigenvalue weighted by atomic mass is 32.2. The first-order chi connectivity index (χ1) is 12.8. The number of benzene rings is 1. The minimum atomic E-state index is -3.62. The van der Waals surface area contributed by atoms with E-state index < -0.39 is 10.0 Å². The van der Waals surface area contributed by atoms with Gasteiger partial charge in [0.15, 0.2) is 0 Å². The van der Waals surface area contributed by atoms with Crippen molar-refractivity contribution < 1.29 is 8.42 Å². The first kappa shape index (κ1) is 18.1. The molecule has 27 heavy (non-hydrogen) atoms. The number of aromatic nitrogens is 4. The summed E-state index contributed by atoms with van der Waals surface area (Å²) in [7, 11) is -3.62. The zero-order valence-electron chi connectivity index (χ0n) is 15.0. The maximum absolute atomic E-state index is 13.0. The SMILES string of the molecule is CC(C)c1nsc(N2CCN(S(=O)(=O)c3ccc4[nH]c(=O)[nH]c4c3)CC2)n1. The van der Waals surface area contributed by atoms with Gasteiger partial charge in [-0.2, -0.15) is 8.68 Å². The molecule has 0 unspecified atom stereocenters. The monoisotopic (exact) mass is 408 g/mol. The first-order valence-corrected chi connectivity index (χ1v) is 10.9. The quantitative estimate of drug-likeness (QED) is 0.673. The van der Waals surface area contributed by atoms with Crippen molar-refractivity contribution in [3.63, 3.8) is 0 Å². The molecule has 0 aliphatic carbocycles. The van der Waals surface area contributed by atoms with Crippen LogP contribution in [-0.2, 0) is 10.0 Å². The molecule has 11 heteroatoms. The summed E-state index contributed by atoms with van der Waals surface area (Å²) < 4.78 is 31.7. The van der Waals surface area contributed by atoms with E-state index in [1.807, 2.05) is 13.8 Å². The van der Waals surface area contributed by atoms with Crippen molar-refractivity contribution in [2.45, 2.75) is 24.7 Å². The molecule has 1 fully saturated rings. The van der Waals surface area contributed by atoms with Gasteiger partial charge in [-0.25, -0.2) is 18.2 Å². The summed E-state index contributed by atoms with van der Waals surface area (Å²) in [5, 5.41) is 0.835. The number of aromatic amines is 2. The molecule has 144 valence electrons. The molecule has 0 saturated carbocycles. The van der Waals surface area contributed by atoms with Crippen LogP contribution in [0.1, 0.15) is 25.6 Å². The van der Waals surface area contributed by atoms with Crippen LogP contribution in [-0.4, -0.2) is 58.2 Å². The second-order valence-corrected chi connectivity index (χ2v) is 9.44. The highest BCUT2D eigenvalue weighted by Gasteiger charge is 2.30. The van der Waals surface area contributed by atoms with Crippen molar-refractivity contribution in [2.24, 2.45) is 0 Å². The predicted molar refractivity (Wildman–Crippen MR) is 104 cm³/mol. The number of rotatable bonds is 4. The minimum Gasteiger partial charge on any atom is -0.344 e. The molecule has 3 heterocycles. The van der Waals surface area contributed by atoms with E-state index in [0.717, 1.165) is 11.0 Å². The molecule has 1 aliphatic rings. The molecule has 3 aromatic rings.